The number of H-pyrrole nitrogens is 1. The maximum Gasteiger partial charge on any atom is 0.287 e. The van der Waals surface area contributed by atoms with Gasteiger partial charge in [-0.05, 0) is 43.0 Å². The van der Waals surface area contributed by atoms with Crippen LogP contribution in [0.15, 0.2) is 27.5 Å². The Morgan fingerprint density at radius 1 is 1.40 bits per heavy atom. The van der Waals surface area contributed by atoms with Crippen molar-refractivity contribution in [1.29, 1.82) is 0 Å². The first-order chi connectivity index (χ1) is 12.0. The predicted molar refractivity (Wildman–Crippen MR) is 97.5 cm³/mol. The molecule has 2 N–H and O–H groups in total. The molecule has 1 amide bonds. The van der Waals surface area contributed by atoms with Crippen LogP contribution in [0.3, 0.4) is 0 Å². The van der Waals surface area contributed by atoms with E-state index in [1.807, 2.05) is 0 Å². The summed E-state index contributed by atoms with van der Waals surface area (Å²) >= 11 is 4.74. The third kappa shape index (κ3) is 3.00. The number of halogens is 2. The molecule has 3 aromatic rings. The van der Waals surface area contributed by atoms with Crippen LogP contribution >= 0.6 is 27.3 Å². The smallest absolute Gasteiger partial charge is 0.287 e. The van der Waals surface area contributed by atoms with Gasteiger partial charge in [-0.15, -0.1) is 11.3 Å². The van der Waals surface area contributed by atoms with E-state index >= 15 is 0 Å². The van der Waals surface area contributed by atoms with Crippen LogP contribution in [0.1, 0.15) is 33.0 Å². The number of rotatable bonds is 3. The molecule has 1 aliphatic rings. The molecule has 25 heavy (non-hydrogen) atoms. The summed E-state index contributed by atoms with van der Waals surface area (Å²) in [5.41, 5.74) is 1.13. The summed E-state index contributed by atoms with van der Waals surface area (Å²) < 4.78 is 14.5. The molecule has 128 valence electrons. The van der Waals surface area contributed by atoms with Gasteiger partial charge in [-0.3, -0.25) is 9.59 Å². The van der Waals surface area contributed by atoms with E-state index in [0.717, 1.165) is 29.3 Å². The van der Waals surface area contributed by atoms with Gasteiger partial charge >= 0.3 is 0 Å². The first-order valence-corrected chi connectivity index (χ1v) is 9.40. The van der Waals surface area contributed by atoms with E-state index in [9.17, 15) is 14.0 Å². The van der Waals surface area contributed by atoms with Crippen LogP contribution in [0.25, 0.3) is 10.2 Å². The summed E-state index contributed by atoms with van der Waals surface area (Å²) in [5, 5.41) is 3.20. The molecule has 0 saturated carbocycles. The van der Waals surface area contributed by atoms with Crippen molar-refractivity contribution in [3.05, 3.63) is 60.7 Å². The van der Waals surface area contributed by atoms with E-state index in [-0.39, 0.29) is 17.9 Å². The third-order valence-corrected chi connectivity index (χ3v) is 5.92. The number of amides is 1. The van der Waals surface area contributed by atoms with Gasteiger partial charge in [-0.25, -0.2) is 9.37 Å². The number of hydrogen-bond acceptors (Lipinski definition) is 4. The van der Waals surface area contributed by atoms with Crippen LogP contribution in [-0.4, -0.2) is 15.9 Å². The van der Waals surface area contributed by atoms with Crippen molar-refractivity contribution < 1.29 is 9.18 Å². The zero-order valence-corrected chi connectivity index (χ0v) is 15.4. The normalized spacial score (nSPS) is 13.2. The van der Waals surface area contributed by atoms with Crippen molar-refractivity contribution >= 4 is 43.4 Å². The molecule has 0 fully saturated rings. The number of benzene rings is 1. The van der Waals surface area contributed by atoms with Gasteiger partial charge < -0.3 is 10.3 Å². The second kappa shape index (κ2) is 6.34. The Morgan fingerprint density at radius 3 is 3.08 bits per heavy atom. The van der Waals surface area contributed by atoms with Gasteiger partial charge in [-0.2, -0.15) is 0 Å². The minimum Gasteiger partial charge on any atom is -0.345 e. The molecule has 0 saturated heterocycles. The van der Waals surface area contributed by atoms with Crippen molar-refractivity contribution in [3.8, 4) is 0 Å². The average Bonchev–Trinajstić information content (AvgIpc) is 3.15. The third-order valence-electron chi connectivity index (χ3n) is 4.24. The number of nitrogens with zero attached hydrogens (tertiary/aromatic N) is 1. The standard InChI is InChI=1S/C17H13BrFN3O2S/c18-9-4-5-11(19)8(6-9)7-20-16(24)14-21-15(23)13-10-2-1-3-12(10)25-17(13)22-14/h4-6H,1-3,7H2,(H,20,24)(H,21,22,23). The molecule has 2 aromatic heterocycles. The van der Waals surface area contributed by atoms with E-state index < -0.39 is 11.7 Å². The second-order valence-electron chi connectivity index (χ2n) is 5.87. The largest absolute Gasteiger partial charge is 0.345 e. The number of aryl methyl sites for hydroxylation is 2. The van der Waals surface area contributed by atoms with Crippen molar-refractivity contribution in [3.63, 3.8) is 0 Å². The van der Waals surface area contributed by atoms with Gasteiger partial charge in [-0.1, -0.05) is 15.9 Å². The van der Waals surface area contributed by atoms with Crippen LogP contribution in [0, 0.1) is 5.82 Å². The number of carbonyl (C=O) groups excluding carboxylic acids is 1. The Labute approximate surface area is 154 Å². The van der Waals surface area contributed by atoms with Crippen LogP contribution in [0.2, 0.25) is 0 Å². The molecule has 4 rings (SSSR count). The second-order valence-corrected chi connectivity index (χ2v) is 7.87. The molecular weight excluding hydrogens is 409 g/mol. The van der Waals surface area contributed by atoms with Gasteiger partial charge in [0.15, 0.2) is 0 Å². The first kappa shape index (κ1) is 16.4. The molecule has 1 aromatic carbocycles. The molecule has 0 atom stereocenters. The molecule has 1 aliphatic carbocycles. The lowest BCUT2D eigenvalue weighted by Crippen LogP contribution is -2.27. The Hall–Kier alpha value is -2.06. The molecular formula is C17H13BrFN3O2S. The topological polar surface area (TPSA) is 74.8 Å². The summed E-state index contributed by atoms with van der Waals surface area (Å²) in [6, 6.07) is 4.51. The van der Waals surface area contributed by atoms with Gasteiger partial charge in [0.1, 0.15) is 10.6 Å². The van der Waals surface area contributed by atoms with Crippen LogP contribution < -0.4 is 10.9 Å². The van der Waals surface area contributed by atoms with Gasteiger partial charge in [0.2, 0.25) is 5.82 Å². The minimum absolute atomic E-state index is 0.00674. The number of fused-ring (bicyclic) bond motifs is 3. The average molecular weight is 422 g/mol. The number of aromatic amines is 1. The van der Waals surface area contributed by atoms with E-state index in [2.05, 4.69) is 31.2 Å². The zero-order valence-electron chi connectivity index (χ0n) is 13.0. The van der Waals surface area contributed by atoms with Crippen molar-refractivity contribution in [2.45, 2.75) is 25.8 Å². The summed E-state index contributed by atoms with van der Waals surface area (Å²) in [7, 11) is 0. The molecule has 0 spiro atoms. The first-order valence-electron chi connectivity index (χ1n) is 7.79. The fourth-order valence-electron chi connectivity index (χ4n) is 3.05. The quantitative estimate of drug-likeness (QED) is 0.680. The Kier molecular flexibility index (Phi) is 4.16. The summed E-state index contributed by atoms with van der Waals surface area (Å²) in [6.45, 7) is 0.00674. The highest BCUT2D eigenvalue weighted by atomic mass is 79.9. The van der Waals surface area contributed by atoms with E-state index in [4.69, 9.17) is 0 Å². The molecule has 0 bridgehead atoms. The van der Waals surface area contributed by atoms with Crippen molar-refractivity contribution in [2.24, 2.45) is 0 Å². The summed E-state index contributed by atoms with van der Waals surface area (Å²) in [6.07, 6.45) is 2.89. The van der Waals surface area contributed by atoms with Crippen LogP contribution in [0.4, 0.5) is 4.39 Å². The lowest BCUT2D eigenvalue weighted by Gasteiger charge is -2.06. The highest BCUT2D eigenvalue weighted by Gasteiger charge is 2.22. The van der Waals surface area contributed by atoms with Crippen molar-refractivity contribution in [1.82, 2.24) is 15.3 Å². The molecule has 5 nitrogen and oxygen atoms in total. The number of hydrogen-bond donors (Lipinski definition) is 2. The molecule has 2 heterocycles. The van der Waals surface area contributed by atoms with Gasteiger partial charge in [0, 0.05) is 21.5 Å². The fraction of sp³-hybridized carbons (Fsp3) is 0.235. The number of nitrogens with one attached hydrogen (secondary N) is 2. The lowest BCUT2D eigenvalue weighted by atomic mass is 10.2. The SMILES string of the molecule is O=C(NCc1cc(Br)ccc1F)c1nc2sc3c(c2c(=O)[nH]1)CCC3. The fourth-order valence-corrected chi connectivity index (χ4v) is 4.72. The predicted octanol–water partition coefficient (Wildman–Crippen LogP) is 3.30. The lowest BCUT2D eigenvalue weighted by molar-refractivity contribution is 0.0940. The maximum atomic E-state index is 13.7. The summed E-state index contributed by atoms with van der Waals surface area (Å²) in [5.74, 6) is -0.991. The van der Waals surface area contributed by atoms with Crippen LogP contribution in [-0.2, 0) is 19.4 Å². The maximum absolute atomic E-state index is 13.7. The zero-order chi connectivity index (χ0) is 17.6. The monoisotopic (exact) mass is 421 g/mol. The van der Waals surface area contributed by atoms with E-state index in [1.165, 1.54) is 22.3 Å². The Bertz CT molecular complexity index is 1060. The summed E-state index contributed by atoms with van der Waals surface area (Å²) in [4.78, 5) is 33.3. The molecule has 0 aliphatic heterocycles. The Morgan fingerprint density at radius 2 is 2.24 bits per heavy atom. The highest BCUT2D eigenvalue weighted by molar-refractivity contribution is 9.10. The van der Waals surface area contributed by atoms with Gasteiger partial charge in [0.05, 0.1) is 5.39 Å². The highest BCUT2D eigenvalue weighted by Crippen LogP contribution is 2.34. The van der Waals surface area contributed by atoms with E-state index in [1.54, 1.807) is 12.1 Å². The molecule has 0 unspecified atom stereocenters. The van der Waals surface area contributed by atoms with Gasteiger partial charge in [0.25, 0.3) is 11.5 Å². The molecule has 0 radical (unpaired) electrons. The van der Waals surface area contributed by atoms with E-state index in [0.29, 0.717) is 15.8 Å². The number of aromatic nitrogens is 2. The van der Waals surface area contributed by atoms with Crippen LogP contribution in [0.5, 0.6) is 0 Å². The number of carbonyl (C=O) groups is 1. The molecule has 8 heteroatoms. The minimum atomic E-state index is -0.535. The van der Waals surface area contributed by atoms with Crippen molar-refractivity contribution in [2.75, 3.05) is 0 Å². The number of thiophene rings is 1. The Balaban J connectivity index is 1.60.